The molecule has 118 valence electrons. The topological polar surface area (TPSA) is 37.8 Å². The van der Waals surface area contributed by atoms with Crippen molar-refractivity contribution >= 4 is 0 Å². The average molecular weight is 289 g/mol. The van der Waals surface area contributed by atoms with Crippen LogP contribution in [-0.4, -0.2) is 23.6 Å². The van der Waals surface area contributed by atoms with Gasteiger partial charge < -0.3 is 5.32 Å². The van der Waals surface area contributed by atoms with E-state index in [1.165, 1.54) is 42.6 Å². The van der Waals surface area contributed by atoms with E-state index in [1.807, 2.05) is 7.05 Å². The zero-order valence-electron chi connectivity index (χ0n) is 14.2. The summed E-state index contributed by atoms with van der Waals surface area (Å²) in [6, 6.07) is 0. The molecule has 0 bridgehead atoms. The summed E-state index contributed by atoms with van der Waals surface area (Å²) in [5.74, 6) is 2.60. The third-order valence-electron chi connectivity index (χ3n) is 4.87. The lowest BCUT2D eigenvalue weighted by Crippen LogP contribution is -2.19. The highest BCUT2D eigenvalue weighted by atomic mass is 14.9. The number of rotatable bonds is 6. The molecule has 0 amide bonds. The van der Waals surface area contributed by atoms with Gasteiger partial charge in [-0.1, -0.05) is 33.6 Å². The van der Waals surface area contributed by atoms with E-state index in [0.717, 1.165) is 37.5 Å². The van der Waals surface area contributed by atoms with Gasteiger partial charge in [0.15, 0.2) is 0 Å². The van der Waals surface area contributed by atoms with Crippen molar-refractivity contribution in [2.45, 2.75) is 71.6 Å². The Balaban J connectivity index is 2.27. The van der Waals surface area contributed by atoms with Gasteiger partial charge in [-0.05, 0) is 57.2 Å². The highest BCUT2D eigenvalue weighted by Crippen LogP contribution is 2.34. The molecule has 21 heavy (non-hydrogen) atoms. The molecular weight excluding hydrogens is 258 g/mol. The molecule has 1 aliphatic rings. The average Bonchev–Trinajstić information content (AvgIpc) is 2.52. The molecule has 0 atom stereocenters. The summed E-state index contributed by atoms with van der Waals surface area (Å²) in [6.45, 7) is 7.81. The quantitative estimate of drug-likeness (QED) is 0.868. The van der Waals surface area contributed by atoms with Crippen LogP contribution in [0.1, 0.15) is 75.1 Å². The SMILES string of the molecule is CCc1nc(C2CCC(C)CC2)nc(CC)c1CCNC. The van der Waals surface area contributed by atoms with Crippen molar-refractivity contribution in [1.29, 1.82) is 0 Å². The van der Waals surface area contributed by atoms with E-state index in [9.17, 15) is 0 Å². The van der Waals surface area contributed by atoms with Crippen LogP contribution in [0.2, 0.25) is 0 Å². The van der Waals surface area contributed by atoms with Gasteiger partial charge in [0.2, 0.25) is 0 Å². The Hall–Kier alpha value is -0.960. The second kappa shape index (κ2) is 7.88. The molecule has 1 saturated carbocycles. The molecule has 0 spiro atoms. The van der Waals surface area contributed by atoms with E-state index in [1.54, 1.807) is 0 Å². The lowest BCUT2D eigenvalue weighted by Gasteiger charge is -2.26. The Morgan fingerprint density at radius 3 is 2.05 bits per heavy atom. The highest BCUT2D eigenvalue weighted by Gasteiger charge is 2.23. The molecule has 3 heteroatoms. The molecule has 1 aliphatic carbocycles. The predicted octanol–water partition coefficient (Wildman–Crippen LogP) is 3.66. The minimum absolute atomic E-state index is 0.593. The zero-order chi connectivity index (χ0) is 15.2. The molecule has 0 aliphatic heterocycles. The van der Waals surface area contributed by atoms with Gasteiger partial charge in [0, 0.05) is 17.3 Å². The highest BCUT2D eigenvalue weighted by molar-refractivity contribution is 5.28. The van der Waals surface area contributed by atoms with Gasteiger partial charge in [-0.25, -0.2) is 9.97 Å². The van der Waals surface area contributed by atoms with Gasteiger partial charge in [0.25, 0.3) is 0 Å². The second-order valence-corrected chi connectivity index (χ2v) is 6.47. The molecule has 1 aromatic rings. The van der Waals surface area contributed by atoms with Crippen LogP contribution in [0.25, 0.3) is 0 Å². The predicted molar refractivity (Wildman–Crippen MR) is 88.8 cm³/mol. The van der Waals surface area contributed by atoms with Crippen molar-refractivity contribution in [2.75, 3.05) is 13.6 Å². The van der Waals surface area contributed by atoms with Crippen LogP contribution in [0.15, 0.2) is 0 Å². The number of nitrogens with one attached hydrogen (secondary N) is 1. The van der Waals surface area contributed by atoms with Gasteiger partial charge >= 0.3 is 0 Å². The normalized spacial score (nSPS) is 22.5. The van der Waals surface area contributed by atoms with Crippen molar-refractivity contribution in [1.82, 2.24) is 15.3 Å². The fourth-order valence-electron chi connectivity index (χ4n) is 3.43. The maximum Gasteiger partial charge on any atom is 0.131 e. The first kappa shape index (κ1) is 16.4. The Kier molecular flexibility index (Phi) is 6.16. The Morgan fingerprint density at radius 1 is 1.00 bits per heavy atom. The summed E-state index contributed by atoms with van der Waals surface area (Å²) in [4.78, 5) is 9.93. The Bertz CT molecular complexity index is 423. The fourth-order valence-corrected chi connectivity index (χ4v) is 3.43. The lowest BCUT2D eigenvalue weighted by molar-refractivity contribution is 0.338. The molecule has 0 saturated heterocycles. The fraction of sp³-hybridized carbons (Fsp3) is 0.778. The molecule has 1 aromatic heterocycles. The number of hydrogen-bond donors (Lipinski definition) is 1. The van der Waals surface area contributed by atoms with Gasteiger partial charge in [-0.15, -0.1) is 0 Å². The van der Waals surface area contributed by atoms with E-state index in [-0.39, 0.29) is 0 Å². The molecule has 0 radical (unpaired) electrons. The smallest absolute Gasteiger partial charge is 0.131 e. The second-order valence-electron chi connectivity index (χ2n) is 6.47. The van der Waals surface area contributed by atoms with Gasteiger partial charge in [0.1, 0.15) is 5.82 Å². The maximum absolute atomic E-state index is 4.96. The zero-order valence-corrected chi connectivity index (χ0v) is 14.2. The molecule has 2 rings (SSSR count). The summed E-state index contributed by atoms with van der Waals surface area (Å²) in [5.41, 5.74) is 3.96. The van der Waals surface area contributed by atoms with Crippen LogP contribution in [0.4, 0.5) is 0 Å². The third kappa shape index (κ3) is 4.03. The van der Waals surface area contributed by atoms with Crippen molar-refractivity contribution < 1.29 is 0 Å². The molecular formula is C18H31N3. The monoisotopic (exact) mass is 289 g/mol. The first-order valence-corrected chi connectivity index (χ1v) is 8.72. The van der Waals surface area contributed by atoms with Gasteiger partial charge in [-0.3, -0.25) is 0 Å². The molecule has 0 aromatic carbocycles. The number of nitrogens with zero attached hydrogens (tertiary/aromatic N) is 2. The Labute approximate surface area is 130 Å². The van der Waals surface area contributed by atoms with E-state index in [2.05, 4.69) is 26.1 Å². The molecule has 1 heterocycles. The summed E-state index contributed by atoms with van der Waals surface area (Å²) in [7, 11) is 2.01. The van der Waals surface area contributed by atoms with E-state index in [4.69, 9.17) is 9.97 Å². The standard InChI is InChI=1S/C18H31N3/c1-5-16-15(11-12-19-4)17(6-2)21-18(20-16)14-9-7-13(3)8-10-14/h13-14,19H,5-12H2,1-4H3. The first-order chi connectivity index (χ1) is 10.2. The third-order valence-corrected chi connectivity index (χ3v) is 4.87. The summed E-state index contributed by atoms with van der Waals surface area (Å²) in [5, 5.41) is 3.25. The number of aromatic nitrogens is 2. The van der Waals surface area contributed by atoms with Crippen LogP contribution in [0, 0.1) is 5.92 Å². The van der Waals surface area contributed by atoms with Crippen molar-refractivity contribution in [3.05, 3.63) is 22.8 Å². The number of aryl methyl sites for hydroxylation is 2. The van der Waals surface area contributed by atoms with Gasteiger partial charge in [0.05, 0.1) is 0 Å². The summed E-state index contributed by atoms with van der Waals surface area (Å²) in [6.07, 6.45) is 8.28. The van der Waals surface area contributed by atoms with Crippen LogP contribution in [0.3, 0.4) is 0 Å². The number of hydrogen-bond acceptors (Lipinski definition) is 3. The number of likely N-dealkylation sites (N-methyl/N-ethyl adjacent to an activating group) is 1. The summed E-state index contributed by atoms with van der Waals surface area (Å²) >= 11 is 0. The largest absolute Gasteiger partial charge is 0.319 e. The minimum atomic E-state index is 0.593. The van der Waals surface area contributed by atoms with E-state index < -0.39 is 0 Å². The van der Waals surface area contributed by atoms with E-state index in [0.29, 0.717) is 5.92 Å². The minimum Gasteiger partial charge on any atom is -0.319 e. The lowest BCUT2D eigenvalue weighted by atomic mass is 9.82. The van der Waals surface area contributed by atoms with Crippen LogP contribution in [0.5, 0.6) is 0 Å². The Morgan fingerprint density at radius 2 is 1.57 bits per heavy atom. The summed E-state index contributed by atoms with van der Waals surface area (Å²) < 4.78 is 0. The maximum atomic E-state index is 4.96. The van der Waals surface area contributed by atoms with E-state index >= 15 is 0 Å². The van der Waals surface area contributed by atoms with Crippen LogP contribution in [-0.2, 0) is 19.3 Å². The first-order valence-electron chi connectivity index (χ1n) is 8.72. The molecule has 1 N–H and O–H groups in total. The van der Waals surface area contributed by atoms with Crippen molar-refractivity contribution in [3.8, 4) is 0 Å². The molecule has 3 nitrogen and oxygen atoms in total. The molecule has 0 unspecified atom stereocenters. The van der Waals surface area contributed by atoms with Crippen LogP contribution >= 0.6 is 0 Å². The van der Waals surface area contributed by atoms with Crippen LogP contribution < -0.4 is 5.32 Å². The molecule has 1 fully saturated rings. The van der Waals surface area contributed by atoms with Gasteiger partial charge in [-0.2, -0.15) is 0 Å². The van der Waals surface area contributed by atoms with Crippen molar-refractivity contribution in [3.63, 3.8) is 0 Å². The van der Waals surface area contributed by atoms with Crippen molar-refractivity contribution in [2.24, 2.45) is 5.92 Å².